The average Bonchev–Trinajstić information content (AvgIpc) is 3.15. The van der Waals surface area contributed by atoms with Gasteiger partial charge in [-0.1, -0.05) is 25.5 Å². The standard InChI is InChI=1S/C21H27IO5S/c1-12(2)15-11-28(24,25)19-10-27-17(20(15)19)6-5-13(3)7-14-8-16(22)21(23)18(9-14)26-4/h7-9,12,17,19,23H,5-6,10-11H2,1-4H3/b13-7+/t17-,19+/m1/s1. The molecule has 2 atom stereocenters. The lowest BCUT2D eigenvalue weighted by molar-refractivity contribution is 0.117. The van der Waals surface area contributed by atoms with Gasteiger partial charge < -0.3 is 14.6 Å². The topological polar surface area (TPSA) is 72.8 Å². The molecule has 154 valence electrons. The first-order valence-electron chi connectivity index (χ1n) is 9.43. The molecule has 2 heterocycles. The third kappa shape index (κ3) is 4.26. The molecule has 0 radical (unpaired) electrons. The van der Waals surface area contributed by atoms with Crippen LogP contribution in [0.4, 0.5) is 0 Å². The number of hydrogen-bond donors (Lipinski definition) is 1. The highest BCUT2D eigenvalue weighted by Gasteiger charge is 2.47. The second-order valence-electron chi connectivity index (χ2n) is 7.84. The van der Waals surface area contributed by atoms with Gasteiger partial charge in [-0.05, 0) is 77.1 Å². The molecule has 5 nitrogen and oxygen atoms in total. The fourth-order valence-corrected chi connectivity index (χ4v) is 6.72. The van der Waals surface area contributed by atoms with Gasteiger partial charge in [0.05, 0.1) is 29.1 Å². The quantitative estimate of drug-likeness (QED) is 0.448. The Labute approximate surface area is 180 Å². The molecule has 3 rings (SSSR count). The van der Waals surface area contributed by atoms with Crippen LogP contribution in [0.1, 0.15) is 39.2 Å². The van der Waals surface area contributed by atoms with Crippen LogP contribution in [0.25, 0.3) is 6.08 Å². The molecule has 2 aliphatic rings. The minimum atomic E-state index is -3.11. The summed E-state index contributed by atoms with van der Waals surface area (Å²) in [6.07, 6.45) is 3.54. The van der Waals surface area contributed by atoms with Crippen molar-refractivity contribution in [3.05, 3.63) is 38.0 Å². The Bertz CT molecular complexity index is 930. The molecule has 7 heteroatoms. The van der Waals surface area contributed by atoms with Crippen LogP contribution in [0.5, 0.6) is 11.5 Å². The van der Waals surface area contributed by atoms with Gasteiger partial charge in [0.25, 0.3) is 0 Å². The van der Waals surface area contributed by atoms with Gasteiger partial charge in [0.2, 0.25) is 0 Å². The second kappa shape index (κ2) is 8.36. The highest BCUT2D eigenvalue weighted by Crippen LogP contribution is 2.41. The van der Waals surface area contributed by atoms with E-state index in [2.05, 4.69) is 49.4 Å². The number of rotatable bonds is 6. The molecular formula is C21H27IO5S. The van der Waals surface area contributed by atoms with Gasteiger partial charge in [0.1, 0.15) is 5.25 Å². The zero-order chi connectivity index (χ0) is 20.6. The fourth-order valence-electron chi connectivity index (χ4n) is 3.99. The number of methoxy groups -OCH3 is 1. The number of sulfone groups is 1. The van der Waals surface area contributed by atoms with E-state index >= 15 is 0 Å². The van der Waals surface area contributed by atoms with Gasteiger partial charge in [-0.2, -0.15) is 0 Å². The summed E-state index contributed by atoms with van der Waals surface area (Å²) in [7, 11) is -1.57. The molecule has 0 aliphatic carbocycles. The van der Waals surface area contributed by atoms with Crippen molar-refractivity contribution < 1.29 is 23.0 Å². The summed E-state index contributed by atoms with van der Waals surface area (Å²) >= 11 is 2.08. The van der Waals surface area contributed by atoms with Crippen LogP contribution < -0.4 is 4.74 Å². The van der Waals surface area contributed by atoms with Crippen LogP contribution >= 0.6 is 22.6 Å². The van der Waals surface area contributed by atoms with Crippen LogP contribution in [-0.2, 0) is 14.6 Å². The third-order valence-electron chi connectivity index (χ3n) is 5.49. The zero-order valence-electron chi connectivity index (χ0n) is 16.7. The number of hydrogen-bond acceptors (Lipinski definition) is 5. The van der Waals surface area contributed by atoms with E-state index in [-0.39, 0.29) is 30.1 Å². The molecule has 1 aromatic rings. The van der Waals surface area contributed by atoms with Crippen molar-refractivity contribution in [2.45, 2.75) is 45.0 Å². The van der Waals surface area contributed by atoms with E-state index in [9.17, 15) is 13.5 Å². The molecule has 0 amide bonds. The molecule has 0 aromatic heterocycles. The van der Waals surface area contributed by atoms with Gasteiger partial charge in [0.15, 0.2) is 21.3 Å². The zero-order valence-corrected chi connectivity index (χ0v) is 19.6. The number of halogens is 1. The molecule has 1 fully saturated rings. The van der Waals surface area contributed by atoms with E-state index in [0.717, 1.165) is 33.1 Å². The van der Waals surface area contributed by atoms with Gasteiger partial charge in [-0.15, -0.1) is 0 Å². The summed E-state index contributed by atoms with van der Waals surface area (Å²) in [5.41, 5.74) is 4.20. The first kappa shape index (κ1) is 21.6. The molecule has 0 unspecified atom stereocenters. The maximum atomic E-state index is 12.4. The monoisotopic (exact) mass is 518 g/mol. The maximum absolute atomic E-state index is 12.4. The van der Waals surface area contributed by atoms with Gasteiger partial charge >= 0.3 is 0 Å². The second-order valence-corrected chi connectivity index (χ2v) is 11.2. The molecule has 2 aliphatic heterocycles. The first-order valence-corrected chi connectivity index (χ1v) is 12.2. The smallest absolute Gasteiger partial charge is 0.171 e. The number of allylic oxidation sites excluding steroid dienone is 1. The number of fused-ring (bicyclic) bond motifs is 1. The maximum Gasteiger partial charge on any atom is 0.171 e. The van der Waals surface area contributed by atoms with E-state index < -0.39 is 15.1 Å². The van der Waals surface area contributed by atoms with E-state index in [0.29, 0.717) is 5.75 Å². The number of phenolic OH excluding ortho intramolecular Hbond substituents is 1. The van der Waals surface area contributed by atoms with E-state index in [1.54, 1.807) is 0 Å². The minimum Gasteiger partial charge on any atom is -0.504 e. The van der Waals surface area contributed by atoms with Crippen LogP contribution in [0.2, 0.25) is 0 Å². The number of phenols is 1. The van der Waals surface area contributed by atoms with Crippen molar-refractivity contribution in [3.8, 4) is 11.5 Å². The fraction of sp³-hybridized carbons (Fsp3) is 0.524. The number of ether oxygens (including phenoxy) is 2. The van der Waals surface area contributed by atoms with E-state index in [1.807, 2.05) is 12.1 Å². The average molecular weight is 518 g/mol. The van der Waals surface area contributed by atoms with Crippen molar-refractivity contribution >= 4 is 38.5 Å². The van der Waals surface area contributed by atoms with Crippen LogP contribution in [0.15, 0.2) is 28.9 Å². The van der Waals surface area contributed by atoms with Crippen LogP contribution in [0, 0.1) is 9.49 Å². The Morgan fingerprint density at radius 1 is 1.43 bits per heavy atom. The van der Waals surface area contributed by atoms with Crippen LogP contribution in [0.3, 0.4) is 0 Å². The summed E-state index contributed by atoms with van der Waals surface area (Å²) in [5.74, 6) is 1.02. The normalized spacial score (nSPS) is 24.1. The first-order chi connectivity index (χ1) is 13.1. The molecule has 1 N–H and O–H groups in total. The number of aromatic hydroxyl groups is 1. The third-order valence-corrected chi connectivity index (χ3v) is 8.28. The van der Waals surface area contributed by atoms with Gasteiger partial charge in [-0.3, -0.25) is 0 Å². The van der Waals surface area contributed by atoms with Gasteiger partial charge in [-0.25, -0.2) is 8.42 Å². The Kier molecular flexibility index (Phi) is 6.46. The summed E-state index contributed by atoms with van der Waals surface area (Å²) in [6.45, 7) is 6.46. The van der Waals surface area contributed by atoms with Crippen molar-refractivity contribution in [1.82, 2.24) is 0 Å². The molecule has 0 bridgehead atoms. The Morgan fingerprint density at radius 2 is 2.14 bits per heavy atom. The van der Waals surface area contributed by atoms with E-state index in [1.165, 1.54) is 12.7 Å². The van der Waals surface area contributed by atoms with Crippen molar-refractivity contribution in [3.63, 3.8) is 0 Å². The largest absolute Gasteiger partial charge is 0.504 e. The van der Waals surface area contributed by atoms with E-state index in [4.69, 9.17) is 9.47 Å². The Balaban J connectivity index is 1.75. The summed E-state index contributed by atoms with van der Waals surface area (Å²) in [6, 6.07) is 3.72. The molecular weight excluding hydrogens is 491 g/mol. The molecule has 28 heavy (non-hydrogen) atoms. The molecule has 0 saturated carbocycles. The van der Waals surface area contributed by atoms with Crippen molar-refractivity contribution in [2.75, 3.05) is 19.5 Å². The summed E-state index contributed by atoms with van der Waals surface area (Å²) in [4.78, 5) is 0. The lowest BCUT2D eigenvalue weighted by Gasteiger charge is -2.16. The summed E-state index contributed by atoms with van der Waals surface area (Å²) < 4.78 is 36.7. The summed E-state index contributed by atoms with van der Waals surface area (Å²) in [5, 5.41) is 9.54. The molecule has 0 spiro atoms. The minimum absolute atomic E-state index is 0.113. The predicted molar refractivity (Wildman–Crippen MR) is 119 cm³/mol. The van der Waals surface area contributed by atoms with Crippen molar-refractivity contribution in [1.29, 1.82) is 0 Å². The van der Waals surface area contributed by atoms with Crippen molar-refractivity contribution in [2.24, 2.45) is 5.92 Å². The Hall–Kier alpha value is -1.06. The number of benzene rings is 1. The lowest BCUT2D eigenvalue weighted by atomic mass is 9.92. The van der Waals surface area contributed by atoms with Crippen LogP contribution in [-0.4, -0.2) is 44.3 Å². The molecule has 1 saturated heterocycles. The highest BCUT2D eigenvalue weighted by molar-refractivity contribution is 14.1. The SMILES string of the molecule is COc1cc(/C=C(\C)CC[C@H]2OC[C@H]3C2=C(C(C)C)CS3(=O)=O)cc(I)c1O. The highest BCUT2D eigenvalue weighted by atomic mass is 127. The van der Waals surface area contributed by atoms with Gasteiger partial charge in [0, 0.05) is 0 Å². The molecule has 1 aromatic carbocycles. The Morgan fingerprint density at radius 3 is 2.79 bits per heavy atom. The predicted octanol–water partition coefficient (Wildman–Crippen LogP) is 4.34. The lowest BCUT2D eigenvalue weighted by Crippen LogP contribution is -2.19.